The van der Waals surface area contributed by atoms with Gasteiger partial charge < -0.3 is 13.5 Å². The fraction of sp³-hybridized carbons (Fsp3) is 0.143. The van der Waals surface area contributed by atoms with Crippen LogP contribution in [0.25, 0.3) is 0 Å². The molecule has 13 heavy (non-hydrogen) atoms. The molecule has 1 saturated heterocycles. The summed E-state index contributed by atoms with van der Waals surface area (Å²) in [4.78, 5) is 0. The fourth-order valence-electron chi connectivity index (χ4n) is 1.16. The number of nitrogens with one attached hydrogen (secondary N) is 2. The maximum absolute atomic E-state index is 3.34. The number of hydrogen-bond acceptors (Lipinski definition) is 3. The highest BCUT2D eigenvalue weighted by atomic mass is 28.4. The maximum atomic E-state index is 3.34. The monoisotopic (exact) mass is 219 g/mol. The maximum Gasteiger partial charge on any atom is 0.273 e. The first-order chi connectivity index (χ1) is 6.38. The van der Waals surface area contributed by atoms with Crippen LogP contribution >= 0.6 is 0 Å². The number of hydrogen-bond donors (Lipinski definition) is 2. The molecular formula is C7H9N3Si3. The third-order valence-corrected chi connectivity index (χ3v) is 5.31. The van der Waals surface area contributed by atoms with Crippen molar-refractivity contribution in [1.29, 1.82) is 0 Å². The van der Waals surface area contributed by atoms with Crippen LogP contribution in [0, 0.1) is 6.92 Å². The van der Waals surface area contributed by atoms with E-state index in [-0.39, 0.29) is 0 Å². The van der Waals surface area contributed by atoms with Crippen LogP contribution in [0.1, 0.15) is 5.56 Å². The highest BCUT2D eigenvalue weighted by Crippen LogP contribution is 2.16. The van der Waals surface area contributed by atoms with Crippen LogP contribution < -0.4 is 13.5 Å². The molecule has 0 aromatic heterocycles. The number of para-hydroxylation sites is 1. The normalized spacial score (nSPS) is 17.5. The molecule has 2 rings (SSSR count). The Balaban J connectivity index is 2.18. The lowest BCUT2D eigenvalue weighted by atomic mass is 10.2. The Labute approximate surface area is 85.9 Å². The fourth-order valence-corrected chi connectivity index (χ4v) is 5.29. The summed E-state index contributed by atoms with van der Waals surface area (Å²) in [6.45, 7) is 2.15. The minimum absolute atomic E-state index is 0.712. The summed E-state index contributed by atoms with van der Waals surface area (Å²) in [6.07, 6.45) is 0. The van der Waals surface area contributed by atoms with Crippen LogP contribution in [0.15, 0.2) is 24.3 Å². The van der Waals surface area contributed by atoms with E-state index in [1.54, 1.807) is 0 Å². The summed E-state index contributed by atoms with van der Waals surface area (Å²) in [5, 5.41) is 0. The average molecular weight is 219 g/mol. The van der Waals surface area contributed by atoms with E-state index < -0.39 is 0 Å². The van der Waals surface area contributed by atoms with E-state index in [2.05, 4.69) is 44.7 Å². The van der Waals surface area contributed by atoms with Gasteiger partial charge in [0.25, 0.3) is 19.7 Å². The van der Waals surface area contributed by atoms with Crippen molar-refractivity contribution >= 4 is 35.2 Å². The van der Waals surface area contributed by atoms with Gasteiger partial charge in [0.1, 0.15) is 0 Å². The molecule has 1 aromatic carbocycles. The topological polar surface area (TPSA) is 27.3 Å². The zero-order chi connectivity index (χ0) is 9.10. The number of rotatable bonds is 1. The molecule has 0 spiro atoms. The minimum atomic E-state index is 0.712. The summed E-state index contributed by atoms with van der Waals surface area (Å²) >= 11 is 0. The summed E-state index contributed by atoms with van der Waals surface area (Å²) in [7, 11) is 2.14. The molecule has 1 aromatic rings. The van der Waals surface area contributed by atoms with Gasteiger partial charge in [0.05, 0.1) is 0 Å². The SMILES string of the molecule is Cc1ccccc1N1[Si]N[Si]N[Si]1. The molecule has 0 unspecified atom stereocenters. The van der Waals surface area contributed by atoms with Crippen molar-refractivity contribution in [2.24, 2.45) is 0 Å². The van der Waals surface area contributed by atoms with Gasteiger partial charge in [-0.3, -0.25) is 0 Å². The molecule has 0 bridgehead atoms. The van der Waals surface area contributed by atoms with Gasteiger partial charge in [-0.1, -0.05) is 18.2 Å². The van der Waals surface area contributed by atoms with Crippen LogP contribution in [0.2, 0.25) is 0 Å². The first kappa shape index (κ1) is 9.16. The second-order valence-electron chi connectivity index (χ2n) is 2.72. The summed E-state index contributed by atoms with van der Waals surface area (Å²) in [6, 6.07) is 8.50. The van der Waals surface area contributed by atoms with Crippen molar-refractivity contribution in [3.8, 4) is 0 Å². The second kappa shape index (κ2) is 4.20. The van der Waals surface area contributed by atoms with Gasteiger partial charge in [-0.2, -0.15) is 0 Å². The molecule has 6 heteroatoms. The Bertz CT molecular complexity index is 288. The molecule has 3 nitrogen and oxygen atoms in total. The van der Waals surface area contributed by atoms with E-state index in [9.17, 15) is 0 Å². The Morgan fingerprint density at radius 1 is 1.15 bits per heavy atom. The third kappa shape index (κ3) is 2.09. The lowest BCUT2D eigenvalue weighted by Gasteiger charge is -2.28. The van der Waals surface area contributed by atoms with Crippen molar-refractivity contribution in [3.63, 3.8) is 0 Å². The lowest BCUT2D eigenvalue weighted by molar-refractivity contribution is 1.29. The summed E-state index contributed by atoms with van der Waals surface area (Å²) in [5.41, 5.74) is 2.68. The molecule has 0 saturated carbocycles. The van der Waals surface area contributed by atoms with Gasteiger partial charge in [-0.05, 0) is 18.6 Å². The van der Waals surface area contributed by atoms with Crippen molar-refractivity contribution in [1.82, 2.24) is 9.30 Å². The molecule has 2 N–H and O–H groups in total. The predicted octanol–water partition coefficient (Wildman–Crippen LogP) is -0.403. The van der Waals surface area contributed by atoms with Gasteiger partial charge in [0, 0.05) is 5.69 Å². The van der Waals surface area contributed by atoms with Crippen molar-refractivity contribution in [2.45, 2.75) is 6.92 Å². The molecule has 1 fully saturated rings. The van der Waals surface area contributed by atoms with Crippen LogP contribution in [0.4, 0.5) is 5.69 Å². The lowest BCUT2D eigenvalue weighted by Crippen LogP contribution is -2.58. The van der Waals surface area contributed by atoms with Crippen LogP contribution in [0.3, 0.4) is 0 Å². The molecule has 0 atom stereocenters. The molecular weight excluding hydrogens is 210 g/mol. The zero-order valence-electron chi connectivity index (χ0n) is 7.26. The highest BCUT2D eigenvalue weighted by Gasteiger charge is 2.15. The molecule has 1 aliphatic rings. The van der Waals surface area contributed by atoms with E-state index in [1.807, 2.05) is 0 Å². The Kier molecular flexibility index (Phi) is 2.96. The van der Waals surface area contributed by atoms with Crippen LogP contribution in [-0.2, 0) is 0 Å². The number of benzene rings is 1. The molecule has 0 amide bonds. The standard InChI is InChI=1S/C7H9N3Si3/c1-6-4-2-3-5-7(6)10-12-8-11-9-13-10/h2-5,8-9H,1H3. The zero-order valence-corrected chi connectivity index (χ0v) is 10.3. The quantitative estimate of drug-likeness (QED) is 0.629. The molecule has 1 heterocycles. The van der Waals surface area contributed by atoms with E-state index in [4.69, 9.17) is 0 Å². The Morgan fingerprint density at radius 2 is 1.85 bits per heavy atom. The number of aryl methyl sites for hydroxylation is 1. The molecule has 0 aliphatic carbocycles. The Hall–Kier alpha value is -0.409. The van der Waals surface area contributed by atoms with E-state index in [1.165, 1.54) is 11.3 Å². The molecule has 1 aliphatic heterocycles. The van der Waals surface area contributed by atoms with Crippen LogP contribution in [-0.4, -0.2) is 29.5 Å². The summed E-state index contributed by atoms with van der Waals surface area (Å²) in [5.74, 6) is 0. The Morgan fingerprint density at radius 3 is 2.54 bits per heavy atom. The van der Waals surface area contributed by atoms with E-state index >= 15 is 0 Å². The predicted molar refractivity (Wildman–Crippen MR) is 57.2 cm³/mol. The second-order valence-corrected chi connectivity index (χ2v) is 6.76. The first-order valence-corrected chi connectivity index (χ1v) is 6.89. The van der Waals surface area contributed by atoms with Gasteiger partial charge in [-0.25, -0.2) is 0 Å². The van der Waals surface area contributed by atoms with E-state index in [0.29, 0.717) is 29.5 Å². The van der Waals surface area contributed by atoms with E-state index in [0.717, 1.165) is 0 Å². The van der Waals surface area contributed by atoms with Crippen molar-refractivity contribution < 1.29 is 0 Å². The highest BCUT2D eigenvalue weighted by molar-refractivity contribution is 6.73. The minimum Gasteiger partial charge on any atom is -0.401 e. The third-order valence-electron chi connectivity index (χ3n) is 1.82. The molecule has 64 valence electrons. The smallest absolute Gasteiger partial charge is 0.273 e. The van der Waals surface area contributed by atoms with Gasteiger partial charge in [0.2, 0.25) is 9.84 Å². The molecule has 6 radical (unpaired) electrons. The first-order valence-electron chi connectivity index (χ1n) is 4.00. The van der Waals surface area contributed by atoms with Gasteiger partial charge in [-0.15, -0.1) is 0 Å². The summed E-state index contributed by atoms with van der Waals surface area (Å²) < 4.78 is 9.03. The number of nitrogens with zero attached hydrogens (tertiary/aromatic N) is 1. The largest absolute Gasteiger partial charge is 0.401 e. The van der Waals surface area contributed by atoms with Crippen molar-refractivity contribution in [2.75, 3.05) is 4.23 Å². The van der Waals surface area contributed by atoms with Gasteiger partial charge in [0.15, 0.2) is 0 Å². The van der Waals surface area contributed by atoms with Gasteiger partial charge >= 0.3 is 0 Å². The van der Waals surface area contributed by atoms with Crippen LogP contribution in [0.5, 0.6) is 0 Å². The van der Waals surface area contributed by atoms with Crippen molar-refractivity contribution in [3.05, 3.63) is 29.8 Å². The number of anilines is 1. The average Bonchev–Trinajstić information content (AvgIpc) is 2.20.